The first kappa shape index (κ1) is 14.7. The minimum atomic E-state index is -1.22. The van der Waals surface area contributed by atoms with Crippen molar-refractivity contribution >= 4 is 23.0 Å². The van der Waals surface area contributed by atoms with Crippen LogP contribution in [0.25, 0.3) is 0 Å². The van der Waals surface area contributed by atoms with Crippen molar-refractivity contribution < 1.29 is 24.5 Å². The van der Waals surface area contributed by atoms with Gasteiger partial charge in [0.2, 0.25) is 0 Å². The molecular formula is C9H11BrFNO4. The molecule has 0 aliphatic carbocycles. The molecule has 90 valence electrons. The van der Waals surface area contributed by atoms with Crippen LogP contribution in [0.15, 0.2) is 12.1 Å². The maximum absolute atomic E-state index is 12.9. The molecule has 0 saturated heterocycles. The van der Waals surface area contributed by atoms with Gasteiger partial charge in [0, 0.05) is 0 Å². The SMILES string of the molecule is Br.N[C@@H](Cc1cc(O)c(O)c(F)c1)C(=O)O. The van der Waals surface area contributed by atoms with E-state index in [0.29, 0.717) is 0 Å². The van der Waals surface area contributed by atoms with Gasteiger partial charge in [0.15, 0.2) is 17.3 Å². The Morgan fingerprint density at radius 1 is 1.44 bits per heavy atom. The van der Waals surface area contributed by atoms with E-state index >= 15 is 0 Å². The molecule has 0 amide bonds. The highest BCUT2D eigenvalue weighted by Crippen LogP contribution is 2.29. The molecule has 0 aliphatic heterocycles. The van der Waals surface area contributed by atoms with E-state index < -0.39 is 29.3 Å². The van der Waals surface area contributed by atoms with Gasteiger partial charge in [0.1, 0.15) is 6.04 Å². The number of carboxylic acids is 1. The molecular weight excluding hydrogens is 285 g/mol. The Hall–Kier alpha value is -1.34. The second kappa shape index (κ2) is 5.66. The van der Waals surface area contributed by atoms with Gasteiger partial charge in [-0.05, 0) is 24.1 Å². The zero-order chi connectivity index (χ0) is 11.6. The Labute approximate surface area is 101 Å². The molecule has 0 aliphatic rings. The normalized spacial score (nSPS) is 11.6. The third-order valence-corrected chi connectivity index (χ3v) is 1.88. The van der Waals surface area contributed by atoms with Crippen molar-refractivity contribution in [2.75, 3.05) is 0 Å². The van der Waals surface area contributed by atoms with Crippen LogP contribution in [0.5, 0.6) is 11.5 Å². The van der Waals surface area contributed by atoms with Crippen molar-refractivity contribution in [2.45, 2.75) is 12.5 Å². The number of aliphatic carboxylic acids is 1. The zero-order valence-corrected chi connectivity index (χ0v) is 9.77. The summed E-state index contributed by atoms with van der Waals surface area (Å²) in [4.78, 5) is 10.4. The number of phenols is 2. The van der Waals surface area contributed by atoms with Gasteiger partial charge in [0.25, 0.3) is 0 Å². The van der Waals surface area contributed by atoms with Crippen LogP contribution in [0.4, 0.5) is 4.39 Å². The van der Waals surface area contributed by atoms with E-state index in [0.717, 1.165) is 12.1 Å². The predicted molar refractivity (Wildman–Crippen MR) is 59.4 cm³/mol. The van der Waals surface area contributed by atoms with Crippen molar-refractivity contribution in [3.8, 4) is 11.5 Å². The standard InChI is InChI=1S/C9H10FNO4.BrH/c10-5-1-4(2-6(11)9(14)15)3-7(12)8(5)13;/h1,3,6,12-13H,2,11H2,(H,14,15);1H/t6-;/m0./s1. The lowest BCUT2D eigenvalue weighted by molar-refractivity contribution is -0.138. The fraction of sp³-hybridized carbons (Fsp3) is 0.222. The molecule has 0 aromatic heterocycles. The second-order valence-corrected chi connectivity index (χ2v) is 3.09. The van der Waals surface area contributed by atoms with E-state index in [1.807, 2.05) is 0 Å². The molecule has 0 heterocycles. The topological polar surface area (TPSA) is 104 Å². The minimum absolute atomic E-state index is 0. The molecule has 7 heteroatoms. The number of carboxylic acid groups (broad SMARTS) is 1. The third-order valence-electron chi connectivity index (χ3n) is 1.88. The van der Waals surface area contributed by atoms with Crippen LogP contribution in [0, 0.1) is 5.82 Å². The van der Waals surface area contributed by atoms with E-state index in [1.54, 1.807) is 0 Å². The van der Waals surface area contributed by atoms with Gasteiger partial charge < -0.3 is 21.1 Å². The molecule has 5 N–H and O–H groups in total. The number of aromatic hydroxyl groups is 2. The summed E-state index contributed by atoms with van der Waals surface area (Å²) in [5, 5.41) is 26.5. The van der Waals surface area contributed by atoms with Gasteiger partial charge in [0.05, 0.1) is 0 Å². The average Bonchev–Trinajstić information content (AvgIpc) is 2.13. The summed E-state index contributed by atoms with van der Waals surface area (Å²) in [6.07, 6.45) is -0.125. The van der Waals surface area contributed by atoms with Gasteiger partial charge >= 0.3 is 5.97 Å². The number of rotatable bonds is 3. The van der Waals surface area contributed by atoms with Crippen molar-refractivity contribution in [1.29, 1.82) is 0 Å². The number of hydrogen-bond acceptors (Lipinski definition) is 4. The number of hydrogen-bond donors (Lipinski definition) is 4. The molecule has 0 fully saturated rings. The smallest absolute Gasteiger partial charge is 0.320 e. The molecule has 1 aromatic carbocycles. The van der Waals surface area contributed by atoms with Crippen LogP contribution in [0.3, 0.4) is 0 Å². The third kappa shape index (κ3) is 3.35. The molecule has 5 nitrogen and oxygen atoms in total. The van der Waals surface area contributed by atoms with Crippen molar-refractivity contribution in [2.24, 2.45) is 5.73 Å². The van der Waals surface area contributed by atoms with Gasteiger partial charge in [-0.15, -0.1) is 17.0 Å². The van der Waals surface area contributed by atoms with Gasteiger partial charge in [-0.1, -0.05) is 0 Å². The summed E-state index contributed by atoms with van der Waals surface area (Å²) in [5.41, 5.74) is 5.43. The Morgan fingerprint density at radius 3 is 2.44 bits per heavy atom. The largest absolute Gasteiger partial charge is 0.504 e. The highest BCUT2D eigenvalue weighted by atomic mass is 79.9. The lowest BCUT2D eigenvalue weighted by Gasteiger charge is -2.07. The molecule has 0 spiro atoms. The minimum Gasteiger partial charge on any atom is -0.504 e. The van der Waals surface area contributed by atoms with E-state index in [2.05, 4.69) is 0 Å². The fourth-order valence-corrected chi connectivity index (χ4v) is 1.10. The summed E-state index contributed by atoms with van der Waals surface area (Å²) in [6.45, 7) is 0. The predicted octanol–water partition coefficient (Wildman–Crippen LogP) is 0.769. The maximum Gasteiger partial charge on any atom is 0.320 e. The summed E-state index contributed by atoms with van der Waals surface area (Å²) < 4.78 is 12.9. The van der Waals surface area contributed by atoms with Crippen molar-refractivity contribution in [3.63, 3.8) is 0 Å². The summed E-state index contributed by atoms with van der Waals surface area (Å²) in [6, 6.07) is 0.826. The van der Waals surface area contributed by atoms with Gasteiger partial charge in [-0.25, -0.2) is 4.39 Å². The number of halogens is 2. The van der Waals surface area contributed by atoms with Crippen LogP contribution in [-0.2, 0) is 11.2 Å². The first-order valence-corrected chi connectivity index (χ1v) is 4.10. The Balaban J connectivity index is 0.00000225. The number of carbonyl (C=O) groups is 1. The second-order valence-electron chi connectivity index (χ2n) is 3.09. The number of phenolic OH excluding ortho intramolecular Hbond substituents is 2. The van der Waals surface area contributed by atoms with Crippen molar-refractivity contribution in [1.82, 2.24) is 0 Å². The quantitative estimate of drug-likeness (QED) is 0.617. The molecule has 0 radical (unpaired) electrons. The van der Waals surface area contributed by atoms with E-state index in [4.69, 9.17) is 21.1 Å². The van der Waals surface area contributed by atoms with Crippen LogP contribution in [0.1, 0.15) is 5.56 Å². The lowest BCUT2D eigenvalue weighted by atomic mass is 10.1. The molecule has 1 rings (SSSR count). The lowest BCUT2D eigenvalue weighted by Crippen LogP contribution is -2.32. The Bertz CT molecular complexity index is 376. The average molecular weight is 296 g/mol. The molecule has 0 saturated carbocycles. The molecule has 0 bridgehead atoms. The van der Waals surface area contributed by atoms with Crippen molar-refractivity contribution in [3.05, 3.63) is 23.5 Å². The monoisotopic (exact) mass is 295 g/mol. The van der Waals surface area contributed by atoms with Crippen LogP contribution < -0.4 is 5.73 Å². The van der Waals surface area contributed by atoms with E-state index in [9.17, 15) is 9.18 Å². The van der Waals surface area contributed by atoms with E-state index in [-0.39, 0.29) is 29.0 Å². The first-order chi connectivity index (χ1) is 6.91. The molecule has 1 atom stereocenters. The van der Waals surface area contributed by atoms with E-state index in [1.165, 1.54) is 0 Å². The first-order valence-electron chi connectivity index (χ1n) is 4.10. The fourth-order valence-electron chi connectivity index (χ4n) is 1.10. The summed E-state index contributed by atoms with van der Waals surface area (Å²) in [5.74, 6) is -3.73. The molecule has 0 unspecified atom stereocenters. The zero-order valence-electron chi connectivity index (χ0n) is 8.05. The number of benzene rings is 1. The number of nitrogens with two attached hydrogens (primary N) is 1. The Morgan fingerprint density at radius 2 is 2.00 bits per heavy atom. The van der Waals surface area contributed by atoms with Gasteiger partial charge in [-0.2, -0.15) is 0 Å². The highest BCUT2D eigenvalue weighted by Gasteiger charge is 2.15. The van der Waals surface area contributed by atoms with Crippen LogP contribution >= 0.6 is 17.0 Å². The molecule has 1 aromatic rings. The Kier molecular flexibility index (Phi) is 5.19. The summed E-state index contributed by atoms with van der Waals surface area (Å²) >= 11 is 0. The van der Waals surface area contributed by atoms with Crippen LogP contribution in [-0.4, -0.2) is 27.3 Å². The maximum atomic E-state index is 12.9. The molecule has 16 heavy (non-hydrogen) atoms. The van der Waals surface area contributed by atoms with Gasteiger partial charge in [-0.3, -0.25) is 4.79 Å². The summed E-state index contributed by atoms with van der Waals surface area (Å²) in [7, 11) is 0. The van der Waals surface area contributed by atoms with Crippen LogP contribution in [0.2, 0.25) is 0 Å². The highest BCUT2D eigenvalue weighted by molar-refractivity contribution is 8.93.